The molecule has 82 valence electrons. The summed E-state index contributed by atoms with van der Waals surface area (Å²) in [6, 6.07) is 6.56. The van der Waals surface area contributed by atoms with Gasteiger partial charge in [0.1, 0.15) is 0 Å². The molecule has 1 aromatic carbocycles. The normalized spacial score (nSPS) is 15.3. The fraction of sp³-hybridized carbons (Fsp3) is 0.200. The first-order valence-electron chi connectivity index (χ1n) is 5.58. The largest absolute Gasteiger partial charge is 0.385 e. The number of hydrogen-bond donors (Lipinski definition) is 1. The Kier molecular flexibility index (Phi) is 2.95. The van der Waals surface area contributed by atoms with Gasteiger partial charge < -0.3 is 5.32 Å². The molecule has 0 unspecified atom stereocenters. The predicted molar refractivity (Wildman–Crippen MR) is 71.0 cm³/mol. The van der Waals surface area contributed by atoms with Crippen LogP contribution < -0.4 is 5.32 Å². The molecule has 0 radical (unpaired) electrons. The molecule has 0 aromatic heterocycles. The molecule has 0 bridgehead atoms. The minimum Gasteiger partial charge on any atom is -0.385 e. The minimum atomic E-state index is 0.986. The minimum absolute atomic E-state index is 0.986. The molecule has 1 heteroatoms. The van der Waals surface area contributed by atoms with Crippen molar-refractivity contribution < 1.29 is 0 Å². The second-order valence-electron chi connectivity index (χ2n) is 4.11. The van der Waals surface area contributed by atoms with E-state index in [-0.39, 0.29) is 0 Å². The van der Waals surface area contributed by atoms with Crippen molar-refractivity contribution in [2.45, 2.75) is 13.3 Å². The lowest BCUT2D eigenvalue weighted by Gasteiger charge is -2.21. The summed E-state index contributed by atoms with van der Waals surface area (Å²) in [5.41, 5.74) is 6.20. The maximum absolute atomic E-state index is 4.02. The highest BCUT2D eigenvalue weighted by Gasteiger charge is 2.12. The lowest BCUT2D eigenvalue weighted by Crippen LogP contribution is -2.21. The summed E-state index contributed by atoms with van der Waals surface area (Å²) in [5, 5.41) is 3.29. The average molecular weight is 211 g/mol. The van der Waals surface area contributed by atoms with Crippen molar-refractivity contribution in [3.8, 4) is 0 Å². The van der Waals surface area contributed by atoms with E-state index < -0.39 is 0 Å². The first-order valence-corrected chi connectivity index (χ1v) is 5.58. The van der Waals surface area contributed by atoms with E-state index in [2.05, 4.69) is 43.6 Å². The highest BCUT2D eigenvalue weighted by Crippen LogP contribution is 2.24. The summed E-state index contributed by atoms with van der Waals surface area (Å²) in [6.45, 7) is 10.8. The standard InChI is InChI=1S/C15H17N/c1-4-5-11(2)13-6-7-15-12(3)16-9-8-14(15)10-13/h4-7,10,16H,1,3,8-9H2,2H3/b11-5+. The van der Waals surface area contributed by atoms with E-state index in [9.17, 15) is 0 Å². The molecule has 0 amide bonds. The van der Waals surface area contributed by atoms with Crippen molar-refractivity contribution in [2.24, 2.45) is 0 Å². The van der Waals surface area contributed by atoms with Gasteiger partial charge in [0.25, 0.3) is 0 Å². The Labute approximate surface area is 97.2 Å². The lowest BCUT2D eigenvalue weighted by molar-refractivity contribution is 0.815. The van der Waals surface area contributed by atoms with Gasteiger partial charge in [0.15, 0.2) is 0 Å². The summed E-state index contributed by atoms with van der Waals surface area (Å²) in [7, 11) is 0. The van der Waals surface area contributed by atoms with Crippen molar-refractivity contribution in [1.29, 1.82) is 0 Å². The summed E-state index contributed by atoms with van der Waals surface area (Å²) in [4.78, 5) is 0. The van der Waals surface area contributed by atoms with Crippen LogP contribution in [0.5, 0.6) is 0 Å². The summed E-state index contributed by atoms with van der Waals surface area (Å²) in [6.07, 6.45) is 4.94. The summed E-state index contributed by atoms with van der Waals surface area (Å²) >= 11 is 0. The number of rotatable bonds is 2. The molecule has 2 rings (SSSR count). The van der Waals surface area contributed by atoms with Gasteiger partial charge in [-0.2, -0.15) is 0 Å². The highest BCUT2D eigenvalue weighted by molar-refractivity contribution is 5.72. The second kappa shape index (κ2) is 4.40. The molecular weight excluding hydrogens is 194 g/mol. The molecule has 1 heterocycles. The average Bonchev–Trinajstić information content (AvgIpc) is 2.29. The number of benzene rings is 1. The Balaban J connectivity index is 2.43. The Morgan fingerprint density at radius 2 is 2.25 bits per heavy atom. The molecule has 1 aromatic rings. The van der Waals surface area contributed by atoms with Gasteiger partial charge in [0.05, 0.1) is 0 Å². The van der Waals surface area contributed by atoms with Crippen LogP contribution in [0.1, 0.15) is 23.6 Å². The van der Waals surface area contributed by atoms with Crippen LogP contribution in [-0.2, 0) is 6.42 Å². The fourth-order valence-corrected chi connectivity index (χ4v) is 2.06. The monoisotopic (exact) mass is 211 g/mol. The molecule has 0 spiro atoms. The zero-order chi connectivity index (χ0) is 11.5. The molecule has 0 saturated carbocycles. The number of allylic oxidation sites excluding steroid dienone is 3. The van der Waals surface area contributed by atoms with Crippen molar-refractivity contribution in [1.82, 2.24) is 5.32 Å². The maximum Gasteiger partial charge on any atom is 0.0343 e. The maximum atomic E-state index is 4.02. The molecule has 0 atom stereocenters. The fourth-order valence-electron chi connectivity index (χ4n) is 2.06. The molecule has 1 nitrogen and oxygen atoms in total. The van der Waals surface area contributed by atoms with Crippen LogP contribution in [0.3, 0.4) is 0 Å². The van der Waals surface area contributed by atoms with Gasteiger partial charge in [-0.25, -0.2) is 0 Å². The molecule has 0 fully saturated rings. The second-order valence-corrected chi connectivity index (χ2v) is 4.11. The van der Waals surface area contributed by atoms with Crippen LogP contribution in [-0.4, -0.2) is 6.54 Å². The zero-order valence-corrected chi connectivity index (χ0v) is 9.72. The first kappa shape index (κ1) is 10.7. The third kappa shape index (κ3) is 1.94. The molecule has 0 saturated heterocycles. The van der Waals surface area contributed by atoms with Crippen molar-refractivity contribution in [3.05, 3.63) is 60.2 Å². The smallest absolute Gasteiger partial charge is 0.0343 e. The van der Waals surface area contributed by atoms with E-state index in [0.29, 0.717) is 0 Å². The summed E-state index contributed by atoms with van der Waals surface area (Å²) in [5.74, 6) is 0. The Morgan fingerprint density at radius 1 is 1.44 bits per heavy atom. The molecular formula is C15H17N. The molecule has 1 N–H and O–H groups in total. The third-order valence-corrected chi connectivity index (χ3v) is 2.99. The van der Waals surface area contributed by atoms with E-state index in [0.717, 1.165) is 18.7 Å². The quantitative estimate of drug-likeness (QED) is 0.739. The third-order valence-electron chi connectivity index (χ3n) is 2.99. The van der Waals surface area contributed by atoms with Gasteiger partial charge in [-0.05, 0) is 30.0 Å². The van der Waals surface area contributed by atoms with Crippen LogP contribution in [0.4, 0.5) is 0 Å². The van der Waals surface area contributed by atoms with Gasteiger partial charge in [0.2, 0.25) is 0 Å². The Bertz CT molecular complexity index is 466. The van der Waals surface area contributed by atoms with Crippen molar-refractivity contribution in [3.63, 3.8) is 0 Å². The summed E-state index contributed by atoms with van der Waals surface area (Å²) < 4.78 is 0. The van der Waals surface area contributed by atoms with E-state index in [1.54, 1.807) is 0 Å². The molecule has 0 aliphatic carbocycles. The van der Waals surface area contributed by atoms with Crippen LogP contribution in [0.2, 0.25) is 0 Å². The Morgan fingerprint density at radius 3 is 3.00 bits per heavy atom. The number of nitrogens with one attached hydrogen (secondary N) is 1. The number of fused-ring (bicyclic) bond motifs is 1. The van der Waals surface area contributed by atoms with Gasteiger partial charge >= 0.3 is 0 Å². The van der Waals surface area contributed by atoms with Gasteiger partial charge in [-0.3, -0.25) is 0 Å². The van der Waals surface area contributed by atoms with E-state index in [1.165, 1.54) is 22.3 Å². The lowest BCUT2D eigenvalue weighted by atomic mass is 9.94. The topological polar surface area (TPSA) is 12.0 Å². The SMILES string of the molecule is C=C/C=C(\C)c1ccc2c(c1)CCNC2=C. The molecule has 1 aliphatic rings. The van der Waals surface area contributed by atoms with Gasteiger partial charge in [-0.15, -0.1) is 0 Å². The van der Waals surface area contributed by atoms with E-state index in [1.807, 2.05) is 12.2 Å². The van der Waals surface area contributed by atoms with Gasteiger partial charge in [-0.1, -0.05) is 43.5 Å². The van der Waals surface area contributed by atoms with Crippen molar-refractivity contribution >= 4 is 11.3 Å². The van der Waals surface area contributed by atoms with Crippen molar-refractivity contribution in [2.75, 3.05) is 6.54 Å². The van der Waals surface area contributed by atoms with E-state index in [4.69, 9.17) is 0 Å². The molecule has 16 heavy (non-hydrogen) atoms. The zero-order valence-electron chi connectivity index (χ0n) is 9.72. The van der Waals surface area contributed by atoms with Gasteiger partial charge in [0, 0.05) is 17.8 Å². The first-order chi connectivity index (χ1) is 7.72. The van der Waals surface area contributed by atoms with Crippen LogP contribution in [0.15, 0.2) is 43.5 Å². The highest BCUT2D eigenvalue weighted by atomic mass is 14.9. The predicted octanol–water partition coefficient (Wildman–Crippen LogP) is 3.39. The molecule has 1 aliphatic heterocycles. The Hall–Kier alpha value is -1.76. The van der Waals surface area contributed by atoms with Crippen LogP contribution in [0.25, 0.3) is 11.3 Å². The van der Waals surface area contributed by atoms with Crippen LogP contribution >= 0.6 is 0 Å². The van der Waals surface area contributed by atoms with E-state index >= 15 is 0 Å². The van der Waals surface area contributed by atoms with Crippen LogP contribution in [0, 0.1) is 0 Å². The number of hydrogen-bond acceptors (Lipinski definition) is 1.